The Morgan fingerprint density at radius 2 is 1.83 bits per heavy atom. The van der Waals surface area contributed by atoms with Gasteiger partial charge >= 0.3 is 12.1 Å². The maximum Gasteiger partial charge on any atom is 0.414 e. The number of rotatable bonds is 1. The molecule has 5 nitrogen and oxygen atoms in total. The van der Waals surface area contributed by atoms with Crippen LogP contribution >= 0.6 is 23.2 Å². The van der Waals surface area contributed by atoms with Crippen LogP contribution in [0, 0.1) is 0 Å². The lowest BCUT2D eigenvalue weighted by Crippen LogP contribution is -2.41. The van der Waals surface area contributed by atoms with Gasteiger partial charge in [0, 0.05) is 6.54 Å². The van der Waals surface area contributed by atoms with Gasteiger partial charge in [0.25, 0.3) is 0 Å². The van der Waals surface area contributed by atoms with Crippen molar-refractivity contribution >= 4 is 41.0 Å². The number of ether oxygens (including phenoxy) is 2. The van der Waals surface area contributed by atoms with Crippen molar-refractivity contribution in [3.05, 3.63) is 27.7 Å². The molecular weight excluding hydrogens is 341 g/mol. The molecule has 1 aliphatic heterocycles. The molecule has 2 rings (SSSR count). The molecule has 0 bridgehead atoms. The fourth-order valence-corrected chi connectivity index (χ4v) is 2.82. The van der Waals surface area contributed by atoms with Crippen molar-refractivity contribution in [3.8, 4) is 0 Å². The average molecular weight is 360 g/mol. The highest BCUT2D eigenvalue weighted by Crippen LogP contribution is 2.41. The molecule has 0 radical (unpaired) electrons. The van der Waals surface area contributed by atoms with E-state index in [1.807, 2.05) is 0 Å². The molecular formula is C16H19Cl2NO4. The largest absolute Gasteiger partial charge is 0.469 e. The summed E-state index contributed by atoms with van der Waals surface area (Å²) in [5.41, 5.74) is 0.519. The lowest BCUT2D eigenvalue weighted by molar-refractivity contribution is -0.142. The molecule has 0 saturated heterocycles. The molecule has 126 valence electrons. The molecule has 0 saturated carbocycles. The number of carbonyl (C=O) groups is 2. The minimum absolute atomic E-state index is 0.310. The van der Waals surface area contributed by atoms with E-state index in [0.717, 1.165) is 0 Å². The van der Waals surface area contributed by atoms with Gasteiger partial charge in [-0.05, 0) is 44.9 Å². The van der Waals surface area contributed by atoms with Crippen molar-refractivity contribution in [1.29, 1.82) is 0 Å². The number of hydrogen-bond acceptors (Lipinski definition) is 4. The van der Waals surface area contributed by atoms with Crippen molar-refractivity contribution in [3.63, 3.8) is 0 Å². The summed E-state index contributed by atoms with van der Waals surface area (Å²) in [6.07, 6.45) is -0.0582. The molecule has 1 unspecified atom stereocenters. The number of hydrogen-bond donors (Lipinski definition) is 0. The number of halogens is 2. The number of methoxy groups -OCH3 is 1. The van der Waals surface area contributed by atoms with Gasteiger partial charge in [0.1, 0.15) is 5.60 Å². The van der Waals surface area contributed by atoms with Gasteiger partial charge in [-0.15, -0.1) is 0 Å². The number of carbonyl (C=O) groups excluding carboxylic acids is 2. The first kappa shape index (κ1) is 17.9. The summed E-state index contributed by atoms with van der Waals surface area (Å²) in [6, 6.07) is 3.19. The van der Waals surface area contributed by atoms with Crippen LogP contribution in [0.3, 0.4) is 0 Å². The summed E-state index contributed by atoms with van der Waals surface area (Å²) in [6.45, 7) is 5.71. The first-order valence-corrected chi connectivity index (χ1v) is 7.97. The molecule has 0 fully saturated rings. The quantitative estimate of drug-likeness (QED) is 0.697. The summed E-state index contributed by atoms with van der Waals surface area (Å²) >= 11 is 12.2. The van der Waals surface area contributed by atoms with Gasteiger partial charge in [0.15, 0.2) is 0 Å². The van der Waals surface area contributed by atoms with Crippen LogP contribution in [0.25, 0.3) is 0 Å². The molecule has 1 heterocycles. The molecule has 1 atom stereocenters. The van der Waals surface area contributed by atoms with Gasteiger partial charge in [0.2, 0.25) is 0 Å². The fourth-order valence-electron chi connectivity index (χ4n) is 2.49. The van der Waals surface area contributed by atoms with Crippen LogP contribution < -0.4 is 4.90 Å². The van der Waals surface area contributed by atoms with E-state index in [-0.39, 0.29) is 5.97 Å². The van der Waals surface area contributed by atoms with Crippen LogP contribution in [0.2, 0.25) is 10.0 Å². The Bertz CT molecular complexity index is 640. The first-order chi connectivity index (χ1) is 10.6. The number of nitrogens with zero attached hydrogens (tertiary/aromatic N) is 1. The Balaban J connectivity index is 2.45. The van der Waals surface area contributed by atoms with Crippen molar-refractivity contribution in [2.45, 2.75) is 38.7 Å². The summed E-state index contributed by atoms with van der Waals surface area (Å²) in [5, 5.41) is 0.634. The van der Waals surface area contributed by atoms with Crippen LogP contribution in [0.1, 0.15) is 38.7 Å². The molecule has 1 aliphatic rings. The predicted octanol–water partition coefficient (Wildman–Crippen LogP) is 4.40. The van der Waals surface area contributed by atoms with Gasteiger partial charge in [-0.1, -0.05) is 23.2 Å². The number of esters is 1. The topological polar surface area (TPSA) is 55.8 Å². The molecule has 0 aliphatic carbocycles. The van der Waals surface area contributed by atoms with E-state index in [1.54, 1.807) is 32.9 Å². The second-order valence-electron chi connectivity index (χ2n) is 6.32. The van der Waals surface area contributed by atoms with Gasteiger partial charge in [-0.2, -0.15) is 0 Å². The van der Waals surface area contributed by atoms with Crippen LogP contribution in [0.15, 0.2) is 12.1 Å². The Morgan fingerprint density at radius 1 is 1.22 bits per heavy atom. The van der Waals surface area contributed by atoms with E-state index in [2.05, 4.69) is 0 Å². The molecule has 23 heavy (non-hydrogen) atoms. The molecule has 0 spiro atoms. The minimum atomic E-state index is -0.618. The first-order valence-electron chi connectivity index (χ1n) is 7.21. The highest BCUT2D eigenvalue weighted by atomic mass is 35.5. The van der Waals surface area contributed by atoms with Crippen LogP contribution in [-0.2, 0) is 14.3 Å². The Morgan fingerprint density at radius 3 is 2.39 bits per heavy atom. The lowest BCUT2D eigenvalue weighted by atomic mass is 9.90. The SMILES string of the molecule is COC(=O)C1CCN(C(=O)OC(C)(C)C)c2cc(Cl)c(Cl)cc21. The third-order valence-electron chi connectivity index (χ3n) is 3.48. The van der Waals surface area contributed by atoms with E-state index in [4.69, 9.17) is 32.7 Å². The zero-order chi connectivity index (χ0) is 17.4. The zero-order valence-electron chi connectivity index (χ0n) is 13.5. The van der Waals surface area contributed by atoms with Crippen molar-refractivity contribution < 1.29 is 19.1 Å². The maximum atomic E-state index is 12.4. The maximum absolute atomic E-state index is 12.4. The standard InChI is InChI=1S/C16H19Cl2NO4/c1-16(2,3)23-15(21)19-6-5-9(14(20)22-4)10-7-11(17)12(18)8-13(10)19/h7-9H,5-6H2,1-4H3. The smallest absolute Gasteiger partial charge is 0.414 e. The second-order valence-corrected chi connectivity index (χ2v) is 7.14. The van der Waals surface area contributed by atoms with E-state index in [0.29, 0.717) is 34.3 Å². The molecule has 0 N–H and O–H groups in total. The number of benzene rings is 1. The summed E-state index contributed by atoms with van der Waals surface area (Å²) in [4.78, 5) is 25.9. The number of anilines is 1. The van der Waals surface area contributed by atoms with Gasteiger partial charge < -0.3 is 9.47 Å². The summed E-state index contributed by atoms with van der Waals surface area (Å²) in [7, 11) is 1.33. The van der Waals surface area contributed by atoms with Crippen LogP contribution in [0.4, 0.5) is 10.5 Å². The Kier molecular flexibility index (Phi) is 5.11. The normalized spacial score (nSPS) is 17.5. The molecule has 1 aromatic carbocycles. The molecule has 7 heteroatoms. The van der Waals surface area contributed by atoms with Crippen molar-refractivity contribution in [2.75, 3.05) is 18.6 Å². The predicted molar refractivity (Wildman–Crippen MR) is 89.4 cm³/mol. The van der Waals surface area contributed by atoms with Gasteiger partial charge in [-0.25, -0.2) is 4.79 Å². The number of amides is 1. The van der Waals surface area contributed by atoms with Crippen molar-refractivity contribution in [1.82, 2.24) is 0 Å². The monoisotopic (exact) mass is 359 g/mol. The summed E-state index contributed by atoms with van der Waals surface area (Å²) < 4.78 is 10.3. The van der Waals surface area contributed by atoms with Gasteiger partial charge in [-0.3, -0.25) is 9.69 Å². The third-order valence-corrected chi connectivity index (χ3v) is 4.20. The molecule has 1 aromatic rings. The molecule has 0 aromatic heterocycles. The Labute approximate surface area is 145 Å². The summed E-state index contributed by atoms with van der Waals surface area (Å²) in [5.74, 6) is -0.850. The lowest BCUT2D eigenvalue weighted by Gasteiger charge is -2.34. The van der Waals surface area contributed by atoms with E-state index in [1.165, 1.54) is 12.0 Å². The van der Waals surface area contributed by atoms with Crippen LogP contribution in [-0.4, -0.2) is 31.3 Å². The average Bonchev–Trinajstić information content (AvgIpc) is 2.44. The van der Waals surface area contributed by atoms with E-state index >= 15 is 0 Å². The van der Waals surface area contributed by atoms with Crippen molar-refractivity contribution in [2.24, 2.45) is 0 Å². The minimum Gasteiger partial charge on any atom is -0.469 e. The van der Waals surface area contributed by atoms with Gasteiger partial charge in [0.05, 0.1) is 28.8 Å². The highest BCUT2D eigenvalue weighted by molar-refractivity contribution is 6.42. The number of fused-ring (bicyclic) bond motifs is 1. The van der Waals surface area contributed by atoms with E-state index < -0.39 is 17.6 Å². The Hall–Kier alpha value is -1.46. The third kappa shape index (κ3) is 3.90. The molecule has 1 amide bonds. The van der Waals surface area contributed by atoms with E-state index in [9.17, 15) is 9.59 Å². The second kappa shape index (κ2) is 6.57. The fraction of sp³-hybridized carbons (Fsp3) is 0.500. The highest BCUT2D eigenvalue weighted by Gasteiger charge is 2.35. The zero-order valence-corrected chi connectivity index (χ0v) is 15.0. The van der Waals surface area contributed by atoms with Crippen LogP contribution in [0.5, 0.6) is 0 Å².